The third-order valence-corrected chi connectivity index (χ3v) is 1.57. The lowest BCUT2D eigenvalue weighted by atomic mass is 10.1. The molecule has 1 unspecified atom stereocenters. The minimum atomic E-state index is 0.189. The maximum atomic E-state index is 5.12. The van der Waals surface area contributed by atoms with Gasteiger partial charge < -0.3 is 4.74 Å². The molecule has 0 heterocycles. The number of rotatable bonds is 2. The van der Waals surface area contributed by atoms with E-state index < -0.39 is 0 Å². The summed E-state index contributed by atoms with van der Waals surface area (Å²) < 4.78 is 5.12. The van der Waals surface area contributed by atoms with Crippen molar-refractivity contribution in [1.29, 1.82) is 0 Å². The van der Waals surface area contributed by atoms with Crippen molar-refractivity contribution in [3.8, 4) is 0 Å². The van der Waals surface area contributed by atoms with Gasteiger partial charge in [-0.1, -0.05) is 24.3 Å². The Bertz CT molecular complexity index is 181. The van der Waals surface area contributed by atoms with Gasteiger partial charge in [-0.05, 0) is 18.6 Å². The summed E-state index contributed by atoms with van der Waals surface area (Å²) >= 11 is 0. The van der Waals surface area contributed by atoms with Gasteiger partial charge in [0.05, 0.1) is 6.10 Å². The largest absolute Gasteiger partial charge is 0.377 e. The van der Waals surface area contributed by atoms with Gasteiger partial charge in [0.15, 0.2) is 0 Å². The van der Waals surface area contributed by atoms with Crippen LogP contribution in [0.25, 0.3) is 0 Å². The Kier molecular flexibility index (Phi) is 2.46. The van der Waals surface area contributed by atoms with E-state index in [0.717, 1.165) is 0 Å². The molecule has 1 aromatic carbocycles. The minimum absolute atomic E-state index is 0.189. The van der Waals surface area contributed by atoms with E-state index >= 15 is 0 Å². The monoisotopic (exact) mass is 135 g/mol. The molecule has 1 rings (SSSR count). The van der Waals surface area contributed by atoms with Crippen LogP contribution in [-0.4, -0.2) is 7.11 Å². The van der Waals surface area contributed by atoms with Crippen molar-refractivity contribution in [2.75, 3.05) is 7.11 Å². The van der Waals surface area contributed by atoms with Crippen LogP contribution in [0.1, 0.15) is 18.6 Å². The summed E-state index contributed by atoms with van der Waals surface area (Å²) in [4.78, 5) is 0. The molecule has 0 saturated carbocycles. The summed E-state index contributed by atoms with van der Waals surface area (Å²) in [5, 5.41) is 0. The first-order valence-electron chi connectivity index (χ1n) is 3.33. The second-order valence-electron chi connectivity index (χ2n) is 2.21. The lowest BCUT2D eigenvalue weighted by Crippen LogP contribution is -1.93. The molecule has 0 spiro atoms. The van der Waals surface area contributed by atoms with Crippen molar-refractivity contribution < 1.29 is 4.74 Å². The van der Waals surface area contributed by atoms with E-state index in [1.807, 2.05) is 31.2 Å². The summed E-state index contributed by atoms with van der Waals surface area (Å²) in [7, 11) is 1.71. The molecule has 0 aliphatic carbocycles. The van der Waals surface area contributed by atoms with Crippen LogP contribution in [0.3, 0.4) is 0 Å². The van der Waals surface area contributed by atoms with Crippen LogP contribution in [-0.2, 0) is 4.74 Å². The lowest BCUT2D eigenvalue weighted by molar-refractivity contribution is 0.119. The third-order valence-electron chi connectivity index (χ3n) is 1.57. The molecule has 1 heteroatoms. The molecule has 0 N–H and O–H groups in total. The average Bonchev–Trinajstić information content (AvgIpc) is 2.05. The molecule has 10 heavy (non-hydrogen) atoms. The fraction of sp³-hybridized carbons (Fsp3) is 0.333. The first-order valence-corrected chi connectivity index (χ1v) is 3.33. The van der Waals surface area contributed by atoms with Crippen LogP contribution >= 0.6 is 0 Å². The maximum Gasteiger partial charge on any atom is 0.0793 e. The summed E-state index contributed by atoms with van der Waals surface area (Å²) in [5.41, 5.74) is 1.20. The summed E-state index contributed by atoms with van der Waals surface area (Å²) in [6.45, 7) is 2.02. The van der Waals surface area contributed by atoms with Crippen LogP contribution in [0.4, 0.5) is 0 Å². The van der Waals surface area contributed by atoms with Gasteiger partial charge in [-0.25, -0.2) is 0 Å². The Morgan fingerprint density at radius 3 is 2.50 bits per heavy atom. The highest BCUT2D eigenvalue weighted by atomic mass is 16.5. The number of ether oxygens (including phenoxy) is 1. The number of hydrogen-bond donors (Lipinski definition) is 0. The average molecular weight is 135 g/mol. The predicted octanol–water partition coefficient (Wildman–Crippen LogP) is 2.19. The first kappa shape index (κ1) is 7.29. The smallest absolute Gasteiger partial charge is 0.0793 e. The molecular weight excluding hydrogens is 124 g/mol. The molecule has 0 fully saturated rings. The second-order valence-corrected chi connectivity index (χ2v) is 2.21. The maximum absolute atomic E-state index is 5.12. The molecule has 0 bridgehead atoms. The van der Waals surface area contributed by atoms with E-state index in [0.29, 0.717) is 0 Å². The second kappa shape index (κ2) is 3.37. The molecule has 0 saturated heterocycles. The number of benzene rings is 1. The highest BCUT2D eigenvalue weighted by molar-refractivity contribution is 5.15. The minimum Gasteiger partial charge on any atom is -0.377 e. The quantitative estimate of drug-likeness (QED) is 0.604. The van der Waals surface area contributed by atoms with Gasteiger partial charge in [-0.3, -0.25) is 0 Å². The molecule has 0 aliphatic rings. The topological polar surface area (TPSA) is 9.23 Å². The zero-order chi connectivity index (χ0) is 7.40. The molecule has 0 aliphatic heterocycles. The van der Waals surface area contributed by atoms with Gasteiger partial charge >= 0.3 is 0 Å². The van der Waals surface area contributed by atoms with Crippen LogP contribution in [0.15, 0.2) is 24.3 Å². The third kappa shape index (κ3) is 1.58. The van der Waals surface area contributed by atoms with Crippen molar-refractivity contribution in [3.05, 3.63) is 35.9 Å². The number of hydrogen-bond acceptors (Lipinski definition) is 1. The summed E-state index contributed by atoms with van der Waals surface area (Å²) in [5.74, 6) is 0. The Labute approximate surface area is 61.6 Å². The van der Waals surface area contributed by atoms with Gasteiger partial charge in [0.25, 0.3) is 0 Å². The van der Waals surface area contributed by atoms with Crippen molar-refractivity contribution in [2.45, 2.75) is 13.0 Å². The fourth-order valence-electron chi connectivity index (χ4n) is 0.807. The Hall–Kier alpha value is -0.820. The van der Waals surface area contributed by atoms with Gasteiger partial charge in [0, 0.05) is 7.11 Å². The van der Waals surface area contributed by atoms with E-state index in [9.17, 15) is 0 Å². The predicted molar refractivity (Wildman–Crippen MR) is 40.7 cm³/mol. The van der Waals surface area contributed by atoms with Crippen LogP contribution in [0.5, 0.6) is 0 Å². The molecule has 0 amide bonds. The lowest BCUT2D eigenvalue weighted by Gasteiger charge is -2.07. The van der Waals surface area contributed by atoms with E-state index in [1.54, 1.807) is 7.11 Å². The van der Waals surface area contributed by atoms with Crippen molar-refractivity contribution in [2.24, 2.45) is 0 Å². The van der Waals surface area contributed by atoms with Crippen molar-refractivity contribution in [3.63, 3.8) is 0 Å². The van der Waals surface area contributed by atoms with Crippen molar-refractivity contribution in [1.82, 2.24) is 0 Å². The molecule has 1 atom stereocenters. The van der Waals surface area contributed by atoms with Gasteiger partial charge in [0.2, 0.25) is 0 Å². The number of methoxy groups -OCH3 is 1. The summed E-state index contributed by atoms with van der Waals surface area (Å²) in [6, 6.07) is 10.8. The van der Waals surface area contributed by atoms with Crippen LogP contribution in [0.2, 0.25) is 0 Å². The Morgan fingerprint density at radius 1 is 1.40 bits per heavy atom. The molecule has 53 valence electrons. The van der Waals surface area contributed by atoms with E-state index in [4.69, 9.17) is 4.74 Å². The molecular formula is C9H11O. The molecule has 1 radical (unpaired) electrons. The zero-order valence-electron chi connectivity index (χ0n) is 6.29. The Morgan fingerprint density at radius 2 is 2.00 bits per heavy atom. The standard InChI is InChI=1S/C9H11O/c1-8(10-2)9-6-4-3-5-7-9/h4-8H,1-2H3. The van der Waals surface area contributed by atoms with Crippen LogP contribution in [0, 0.1) is 6.07 Å². The molecule has 1 nitrogen and oxygen atoms in total. The van der Waals surface area contributed by atoms with Crippen LogP contribution < -0.4 is 0 Å². The van der Waals surface area contributed by atoms with Gasteiger partial charge in [-0.15, -0.1) is 0 Å². The van der Waals surface area contributed by atoms with Gasteiger partial charge in [-0.2, -0.15) is 0 Å². The molecule has 0 aromatic heterocycles. The first-order chi connectivity index (χ1) is 4.84. The van der Waals surface area contributed by atoms with Gasteiger partial charge in [0.1, 0.15) is 0 Å². The van der Waals surface area contributed by atoms with E-state index in [-0.39, 0.29) is 6.10 Å². The highest BCUT2D eigenvalue weighted by Gasteiger charge is 1.99. The summed E-state index contributed by atoms with van der Waals surface area (Å²) in [6.07, 6.45) is 0.189. The van der Waals surface area contributed by atoms with E-state index in [1.165, 1.54) is 5.56 Å². The normalized spacial score (nSPS) is 13.0. The SMILES string of the molecule is COC(C)c1cc[c]cc1. The molecule has 1 aromatic rings. The zero-order valence-corrected chi connectivity index (χ0v) is 6.29. The Balaban J connectivity index is 2.75. The van der Waals surface area contributed by atoms with E-state index in [2.05, 4.69) is 6.07 Å². The van der Waals surface area contributed by atoms with Crippen molar-refractivity contribution >= 4 is 0 Å². The highest BCUT2D eigenvalue weighted by Crippen LogP contribution is 2.13. The fourth-order valence-corrected chi connectivity index (χ4v) is 0.807.